The Morgan fingerprint density at radius 2 is 1.46 bits per heavy atom. The Labute approximate surface area is 167 Å². The van der Waals surface area contributed by atoms with E-state index in [1.54, 1.807) is 0 Å². The smallest absolute Gasteiger partial charge is 0.319 e. The summed E-state index contributed by atoms with van der Waals surface area (Å²) in [6.07, 6.45) is 9.21. The number of benzene rings is 1. The van der Waals surface area contributed by atoms with Gasteiger partial charge in [0.1, 0.15) is 0 Å². The van der Waals surface area contributed by atoms with Crippen LogP contribution < -0.4 is 10.6 Å². The predicted octanol–water partition coefficient (Wildman–Crippen LogP) is 4.02. The van der Waals surface area contributed by atoms with Crippen LogP contribution in [0.15, 0.2) is 30.3 Å². The molecule has 4 saturated carbocycles. The number of urea groups is 1. The molecule has 0 atom stereocenters. The summed E-state index contributed by atoms with van der Waals surface area (Å²) in [7, 11) is 0. The van der Waals surface area contributed by atoms with Crippen molar-refractivity contribution in [2.24, 2.45) is 23.2 Å². The number of likely N-dealkylation sites (tertiary alicyclic amines) is 1. The fraction of sp³-hybridized carbons (Fsp3) is 0.652. The van der Waals surface area contributed by atoms with Crippen LogP contribution in [0, 0.1) is 23.2 Å². The molecule has 5 heteroatoms. The predicted molar refractivity (Wildman–Crippen MR) is 109 cm³/mol. The van der Waals surface area contributed by atoms with Gasteiger partial charge in [0.2, 0.25) is 5.91 Å². The number of hydrogen-bond donors (Lipinski definition) is 2. The summed E-state index contributed by atoms with van der Waals surface area (Å²) in [6.45, 7) is 1.55. The number of piperidine rings is 1. The summed E-state index contributed by atoms with van der Waals surface area (Å²) in [5, 5.41) is 5.96. The minimum Gasteiger partial charge on any atom is -0.342 e. The van der Waals surface area contributed by atoms with E-state index in [9.17, 15) is 9.59 Å². The lowest BCUT2D eigenvalue weighted by Crippen LogP contribution is -2.57. The van der Waals surface area contributed by atoms with Crippen LogP contribution in [0.5, 0.6) is 0 Å². The second-order valence-corrected chi connectivity index (χ2v) is 9.73. The normalized spacial score (nSPS) is 34.3. The first-order valence-electron chi connectivity index (χ1n) is 11.0. The Bertz CT molecular complexity index is 704. The van der Waals surface area contributed by atoms with E-state index >= 15 is 0 Å². The lowest BCUT2D eigenvalue weighted by Gasteiger charge is -2.57. The first-order valence-corrected chi connectivity index (χ1v) is 11.0. The molecule has 0 spiro atoms. The molecule has 150 valence electrons. The quantitative estimate of drug-likeness (QED) is 0.831. The van der Waals surface area contributed by atoms with E-state index in [-0.39, 0.29) is 17.5 Å². The molecule has 1 saturated heterocycles. The zero-order valence-electron chi connectivity index (χ0n) is 16.5. The summed E-state index contributed by atoms with van der Waals surface area (Å²) in [5.74, 6) is 2.84. The zero-order valence-corrected chi connectivity index (χ0v) is 16.5. The molecular weight excluding hydrogens is 350 g/mol. The van der Waals surface area contributed by atoms with Crippen LogP contribution in [0.25, 0.3) is 0 Å². The molecule has 28 heavy (non-hydrogen) atoms. The third-order valence-electron chi connectivity index (χ3n) is 7.64. The van der Waals surface area contributed by atoms with Crippen molar-refractivity contribution in [3.05, 3.63) is 30.3 Å². The van der Waals surface area contributed by atoms with Gasteiger partial charge in [0.15, 0.2) is 0 Å². The Morgan fingerprint density at radius 3 is 2.04 bits per heavy atom. The molecule has 6 rings (SSSR count). The lowest BCUT2D eigenvalue weighted by atomic mass is 9.49. The van der Waals surface area contributed by atoms with Gasteiger partial charge in [0.05, 0.1) is 5.41 Å². The zero-order chi connectivity index (χ0) is 19.1. The topological polar surface area (TPSA) is 61.4 Å². The van der Waals surface area contributed by atoms with Gasteiger partial charge in [0, 0.05) is 24.8 Å². The Hall–Kier alpha value is -2.04. The number of rotatable bonds is 3. The van der Waals surface area contributed by atoms with Crippen molar-refractivity contribution in [3.8, 4) is 0 Å². The van der Waals surface area contributed by atoms with Crippen molar-refractivity contribution in [1.29, 1.82) is 0 Å². The standard InChI is InChI=1S/C23H31N3O2/c27-21(23-13-16-10-17(14-23)12-18(11-16)15-23)26-8-6-20(7-9-26)25-22(28)24-19-4-2-1-3-5-19/h1-5,16-18,20H,6-15H2,(H2,24,25,28). The number of nitrogens with one attached hydrogen (secondary N) is 2. The average molecular weight is 382 g/mol. The van der Waals surface area contributed by atoms with Crippen LogP contribution in [0.4, 0.5) is 10.5 Å². The molecule has 0 aromatic heterocycles. The molecular formula is C23H31N3O2. The minimum absolute atomic E-state index is 0.0420. The highest BCUT2D eigenvalue weighted by atomic mass is 16.2. The highest BCUT2D eigenvalue weighted by molar-refractivity contribution is 5.89. The van der Waals surface area contributed by atoms with Gasteiger partial charge < -0.3 is 15.5 Å². The maximum Gasteiger partial charge on any atom is 0.319 e. The number of hydrogen-bond acceptors (Lipinski definition) is 2. The molecule has 2 N–H and O–H groups in total. The molecule has 5 nitrogen and oxygen atoms in total. The van der Waals surface area contributed by atoms with Crippen LogP contribution in [-0.4, -0.2) is 36.0 Å². The van der Waals surface area contributed by atoms with E-state index in [4.69, 9.17) is 0 Å². The van der Waals surface area contributed by atoms with Gasteiger partial charge in [-0.1, -0.05) is 18.2 Å². The average Bonchev–Trinajstić information content (AvgIpc) is 2.68. The van der Waals surface area contributed by atoms with Gasteiger partial charge in [-0.15, -0.1) is 0 Å². The van der Waals surface area contributed by atoms with Gasteiger partial charge in [-0.05, 0) is 81.3 Å². The molecule has 4 aliphatic carbocycles. The number of amides is 3. The second kappa shape index (κ2) is 7.09. The van der Waals surface area contributed by atoms with Crippen molar-refractivity contribution in [2.45, 2.75) is 57.4 Å². The van der Waals surface area contributed by atoms with E-state index in [0.29, 0.717) is 5.91 Å². The SMILES string of the molecule is O=C(Nc1ccccc1)NC1CCN(C(=O)C23CC4CC(CC(C4)C2)C3)CC1. The Balaban J connectivity index is 1.14. The molecule has 1 aromatic rings. The summed E-state index contributed by atoms with van der Waals surface area (Å²) in [5.41, 5.74) is 0.758. The van der Waals surface area contributed by atoms with Gasteiger partial charge >= 0.3 is 6.03 Å². The third-order valence-corrected chi connectivity index (χ3v) is 7.64. The molecule has 4 bridgehead atoms. The van der Waals surface area contributed by atoms with Crippen molar-refractivity contribution >= 4 is 17.6 Å². The van der Waals surface area contributed by atoms with Crippen LogP contribution in [0.1, 0.15) is 51.4 Å². The Kier molecular flexibility index (Phi) is 4.56. The fourth-order valence-electron chi connectivity index (χ4n) is 6.81. The molecule has 5 aliphatic rings. The van der Waals surface area contributed by atoms with E-state index in [2.05, 4.69) is 15.5 Å². The molecule has 1 aliphatic heterocycles. The molecule has 3 amide bonds. The van der Waals surface area contributed by atoms with Gasteiger partial charge in [-0.3, -0.25) is 4.79 Å². The first-order chi connectivity index (χ1) is 13.6. The fourth-order valence-corrected chi connectivity index (χ4v) is 6.81. The number of anilines is 1. The van der Waals surface area contributed by atoms with Crippen LogP contribution in [0.3, 0.4) is 0 Å². The molecule has 5 fully saturated rings. The minimum atomic E-state index is -0.155. The van der Waals surface area contributed by atoms with Crippen molar-refractivity contribution < 1.29 is 9.59 Å². The molecule has 1 aromatic carbocycles. The number of carbonyl (C=O) groups is 2. The van der Waals surface area contributed by atoms with Crippen LogP contribution in [0.2, 0.25) is 0 Å². The summed E-state index contributed by atoms with van der Waals surface area (Å²) < 4.78 is 0. The lowest BCUT2D eigenvalue weighted by molar-refractivity contribution is -0.158. The number of para-hydroxylation sites is 1. The summed E-state index contributed by atoms with van der Waals surface area (Å²) in [6, 6.07) is 9.49. The van der Waals surface area contributed by atoms with E-state index < -0.39 is 0 Å². The van der Waals surface area contributed by atoms with Crippen molar-refractivity contribution in [2.75, 3.05) is 18.4 Å². The van der Waals surface area contributed by atoms with E-state index in [0.717, 1.165) is 68.6 Å². The van der Waals surface area contributed by atoms with Crippen molar-refractivity contribution in [1.82, 2.24) is 10.2 Å². The summed E-state index contributed by atoms with van der Waals surface area (Å²) >= 11 is 0. The highest BCUT2D eigenvalue weighted by Crippen LogP contribution is 2.60. The maximum atomic E-state index is 13.4. The summed E-state index contributed by atoms with van der Waals surface area (Å²) in [4.78, 5) is 27.8. The van der Waals surface area contributed by atoms with E-state index in [1.165, 1.54) is 19.3 Å². The number of nitrogens with zero attached hydrogens (tertiary/aromatic N) is 1. The van der Waals surface area contributed by atoms with Crippen LogP contribution >= 0.6 is 0 Å². The number of carbonyl (C=O) groups excluding carboxylic acids is 2. The van der Waals surface area contributed by atoms with Gasteiger partial charge in [0.25, 0.3) is 0 Å². The molecule has 1 heterocycles. The maximum absolute atomic E-state index is 13.4. The van der Waals surface area contributed by atoms with Gasteiger partial charge in [-0.2, -0.15) is 0 Å². The monoisotopic (exact) mass is 381 g/mol. The molecule has 0 radical (unpaired) electrons. The first kappa shape index (κ1) is 18.0. The van der Waals surface area contributed by atoms with E-state index in [1.807, 2.05) is 30.3 Å². The van der Waals surface area contributed by atoms with Gasteiger partial charge in [-0.25, -0.2) is 4.79 Å². The second-order valence-electron chi connectivity index (χ2n) is 9.73. The largest absolute Gasteiger partial charge is 0.342 e. The molecule has 0 unspecified atom stereocenters. The van der Waals surface area contributed by atoms with Crippen molar-refractivity contribution in [3.63, 3.8) is 0 Å². The third kappa shape index (κ3) is 3.40. The Morgan fingerprint density at radius 1 is 0.893 bits per heavy atom. The highest BCUT2D eigenvalue weighted by Gasteiger charge is 2.55. The van der Waals surface area contributed by atoms with Crippen LogP contribution in [-0.2, 0) is 4.79 Å².